The minimum atomic E-state index is -4.78. The maximum absolute atomic E-state index is 11.4. The van der Waals surface area contributed by atoms with Crippen LogP contribution in [0.15, 0.2) is 0 Å². The van der Waals surface area contributed by atoms with E-state index in [1.165, 1.54) is 0 Å². The van der Waals surface area contributed by atoms with Gasteiger partial charge in [0.15, 0.2) is 9.84 Å². The van der Waals surface area contributed by atoms with E-state index in [9.17, 15) is 21.6 Å². The van der Waals surface area contributed by atoms with Crippen LogP contribution >= 0.6 is 0 Å². The van der Waals surface area contributed by atoms with Gasteiger partial charge in [0.05, 0.1) is 18.1 Å². The Bertz CT molecular complexity index is 236. The molecule has 0 aromatic carbocycles. The molecule has 0 aliphatic rings. The minimum absolute atomic E-state index is 0.103. The summed E-state index contributed by atoms with van der Waals surface area (Å²) in [6.07, 6.45) is -4.78. The molecule has 0 aliphatic heterocycles. The molecule has 0 heterocycles. The SMILES string of the molecule is NCCS(=O)(=O)CCOC(F)(F)F. The largest absolute Gasteiger partial charge is 0.522 e. The normalized spacial score (nSPS) is 13.2. The second kappa shape index (κ2) is 4.77. The molecular weight excluding hydrogens is 211 g/mol. The van der Waals surface area contributed by atoms with Crippen LogP contribution in [0.25, 0.3) is 0 Å². The smallest absolute Gasteiger partial charge is 0.329 e. The zero-order valence-corrected chi connectivity index (χ0v) is 7.49. The lowest BCUT2D eigenvalue weighted by atomic mass is 10.8. The number of ether oxygens (including phenoxy) is 1. The molecule has 0 unspecified atom stereocenters. The van der Waals surface area contributed by atoms with Gasteiger partial charge in [-0.2, -0.15) is 0 Å². The van der Waals surface area contributed by atoms with E-state index in [2.05, 4.69) is 4.74 Å². The van der Waals surface area contributed by atoms with Crippen molar-refractivity contribution in [3.8, 4) is 0 Å². The summed E-state index contributed by atoms with van der Waals surface area (Å²) in [6.45, 7) is -0.986. The van der Waals surface area contributed by atoms with E-state index in [1.54, 1.807) is 0 Å². The molecule has 0 rings (SSSR count). The third kappa shape index (κ3) is 8.00. The predicted molar refractivity (Wildman–Crippen MR) is 39.7 cm³/mol. The van der Waals surface area contributed by atoms with Crippen LogP contribution in [-0.2, 0) is 14.6 Å². The van der Waals surface area contributed by atoms with Gasteiger partial charge in [0, 0.05) is 6.54 Å². The summed E-state index contributed by atoms with van der Waals surface area (Å²) in [6, 6.07) is 0. The lowest BCUT2D eigenvalue weighted by Crippen LogP contribution is -2.24. The summed E-state index contributed by atoms with van der Waals surface area (Å²) >= 11 is 0. The van der Waals surface area contributed by atoms with Crippen molar-refractivity contribution in [3.63, 3.8) is 0 Å². The summed E-state index contributed by atoms with van der Waals surface area (Å²) in [4.78, 5) is 0. The average Bonchev–Trinajstić information content (AvgIpc) is 1.82. The fraction of sp³-hybridized carbons (Fsp3) is 1.00. The molecule has 0 aromatic rings. The number of hydrogen-bond donors (Lipinski definition) is 1. The summed E-state index contributed by atoms with van der Waals surface area (Å²) in [7, 11) is -3.50. The van der Waals surface area contributed by atoms with Gasteiger partial charge in [0.2, 0.25) is 0 Å². The first-order chi connectivity index (χ1) is 5.77. The third-order valence-corrected chi connectivity index (χ3v) is 2.74. The Hall–Kier alpha value is -0.340. The van der Waals surface area contributed by atoms with Gasteiger partial charge in [-0.3, -0.25) is 4.74 Å². The molecule has 4 nitrogen and oxygen atoms in total. The van der Waals surface area contributed by atoms with E-state index in [1.807, 2.05) is 0 Å². The van der Waals surface area contributed by atoms with Gasteiger partial charge >= 0.3 is 6.36 Å². The van der Waals surface area contributed by atoms with E-state index >= 15 is 0 Å². The van der Waals surface area contributed by atoms with E-state index in [0.717, 1.165) is 0 Å². The Morgan fingerprint density at radius 2 is 1.77 bits per heavy atom. The summed E-state index contributed by atoms with van der Waals surface area (Å²) in [5, 5.41) is 0. The Kier molecular flexibility index (Phi) is 4.65. The molecule has 0 saturated carbocycles. The number of sulfone groups is 1. The second-order valence-corrected chi connectivity index (χ2v) is 4.54. The van der Waals surface area contributed by atoms with Crippen LogP contribution in [0.1, 0.15) is 0 Å². The quantitative estimate of drug-likeness (QED) is 0.703. The van der Waals surface area contributed by atoms with Gasteiger partial charge in [-0.25, -0.2) is 8.42 Å². The van der Waals surface area contributed by atoms with E-state index in [-0.39, 0.29) is 12.3 Å². The van der Waals surface area contributed by atoms with Gasteiger partial charge in [0.25, 0.3) is 0 Å². The molecule has 2 N–H and O–H groups in total. The highest BCUT2D eigenvalue weighted by atomic mass is 32.2. The zero-order valence-electron chi connectivity index (χ0n) is 6.67. The summed E-state index contributed by atoms with van der Waals surface area (Å²) in [5.41, 5.74) is 4.93. The minimum Gasteiger partial charge on any atom is -0.329 e. The highest BCUT2D eigenvalue weighted by Gasteiger charge is 2.29. The molecule has 0 bridgehead atoms. The van der Waals surface area contributed by atoms with Crippen molar-refractivity contribution < 1.29 is 26.3 Å². The Balaban J connectivity index is 3.77. The Morgan fingerprint density at radius 1 is 1.23 bits per heavy atom. The molecule has 0 saturated heterocycles. The Labute approximate surface area is 73.8 Å². The Morgan fingerprint density at radius 3 is 2.15 bits per heavy atom. The first-order valence-electron chi connectivity index (χ1n) is 3.38. The molecular formula is C5H10F3NO3S. The molecule has 0 aliphatic carbocycles. The average molecular weight is 221 g/mol. The molecule has 13 heavy (non-hydrogen) atoms. The third-order valence-electron chi connectivity index (χ3n) is 1.09. The van der Waals surface area contributed by atoms with E-state index in [0.29, 0.717) is 0 Å². The summed E-state index contributed by atoms with van der Waals surface area (Å²) < 4.78 is 59.0. The van der Waals surface area contributed by atoms with Gasteiger partial charge < -0.3 is 5.73 Å². The van der Waals surface area contributed by atoms with Gasteiger partial charge in [-0.15, -0.1) is 13.2 Å². The van der Waals surface area contributed by atoms with E-state index in [4.69, 9.17) is 5.73 Å². The maximum atomic E-state index is 11.4. The van der Waals surface area contributed by atoms with Crippen molar-refractivity contribution in [2.75, 3.05) is 24.7 Å². The van der Waals surface area contributed by atoms with Crippen molar-refractivity contribution in [2.45, 2.75) is 6.36 Å². The van der Waals surface area contributed by atoms with Crippen molar-refractivity contribution in [2.24, 2.45) is 5.73 Å². The molecule has 8 heteroatoms. The summed E-state index contributed by atoms with van der Waals surface area (Å²) in [5.74, 6) is -0.988. The van der Waals surface area contributed by atoms with Crippen molar-refractivity contribution >= 4 is 9.84 Å². The molecule has 80 valence electrons. The fourth-order valence-electron chi connectivity index (χ4n) is 0.566. The first kappa shape index (κ1) is 12.7. The molecule has 0 spiro atoms. The number of rotatable bonds is 5. The number of alkyl halides is 3. The van der Waals surface area contributed by atoms with Crippen LogP contribution in [0, 0.1) is 0 Å². The van der Waals surface area contributed by atoms with Crippen molar-refractivity contribution in [1.82, 2.24) is 0 Å². The molecule has 0 aromatic heterocycles. The van der Waals surface area contributed by atoms with Crippen molar-refractivity contribution in [1.29, 1.82) is 0 Å². The monoisotopic (exact) mass is 221 g/mol. The van der Waals surface area contributed by atoms with Crippen LogP contribution < -0.4 is 5.73 Å². The molecule has 0 radical (unpaired) electrons. The molecule has 0 amide bonds. The van der Waals surface area contributed by atoms with Gasteiger partial charge in [-0.05, 0) is 0 Å². The van der Waals surface area contributed by atoms with Crippen LogP contribution in [0.4, 0.5) is 13.2 Å². The van der Waals surface area contributed by atoms with Gasteiger partial charge in [-0.1, -0.05) is 0 Å². The maximum Gasteiger partial charge on any atom is 0.522 e. The number of halogens is 3. The van der Waals surface area contributed by atoms with Crippen LogP contribution in [0.2, 0.25) is 0 Å². The molecule has 0 fully saturated rings. The highest BCUT2D eigenvalue weighted by Crippen LogP contribution is 2.15. The second-order valence-electron chi connectivity index (χ2n) is 2.23. The highest BCUT2D eigenvalue weighted by molar-refractivity contribution is 7.91. The number of hydrogen-bond acceptors (Lipinski definition) is 4. The standard InChI is InChI=1S/C5H10F3NO3S/c6-5(7,8)12-2-4-13(10,11)3-1-9/h1-4,9H2. The lowest BCUT2D eigenvalue weighted by molar-refractivity contribution is -0.322. The topological polar surface area (TPSA) is 69.4 Å². The fourth-order valence-corrected chi connectivity index (χ4v) is 1.47. The zero-order chi connectivity index (χ0) is 10.5. The van der Waals surface area contributed by atoms with Crippen LogP contribution in [0.3, 0.4) is 0 Å². The van der Waals surface area contributed by atoms with Crippen molar-refractivity contribution in [3.05, 3.63) is 0 Å². The first-order valence-corrected chi connectivity index (χ1v) is 5.20. The molecule has 0 atom stereocenters. The van der Waals surface area contributed by atoms with E-state index < -0.39 is 28.6 Å². The van der Waals surface area contributed by atoms with Gasteiger partial charge in [0.1, 0.15) is 0 Å². The number of nitrogens with two attached hydrogens (primary N) is 1. The van der Waals surface area contributed by atoms with Crippen LogP contribution in [0.5, 0.6) is 0 Å². The predicted octanol–water partition coefficient (Wildman–Crippen LogP) is -0.104. The lowest BCUT2D eigenvalue weighted by Gasteiger charge is -2.06. The van der Waals surface area contributed by atoms with Crippen LogP contribution in [-0.4, -0.2) is 39.4 Å².